The number of aromatic carboxylic acids is 1. The summed E-state index contributed by atoms with van der Waals surface area (Å²) in [6.07, 6.45) is 0.978. The number of carboxylic acid groups (broad SMARTS) is 1. The first kappa shape index (κ1) is 13.3. The van der Waals surface area contributed by atoms with Crippen molar-refractivity contribution >= 4 is 11.7 Å². The molecular weight excluding hydrogens is 216 g/mol. The predicted molar refractivity (Wildman–Crippen MR) is 67.8 cm³/mol. The Balaban J connectivity index is 2.55. The quantitative estimate of drug-likeness (QED) is 0.767. The summed E-state index contributed by atoms with van der Waals surface area (Å²) in [6.45, 7) is 8.73. The van der Waals surface area contributed by atoms with Gasteiger partial charge in [-0.2, -0.15) is 0 Å². The maximum absolute atomic E-state index is 10.7. The summed E-state index contributed by atoms with van der Waals surface area (Å²) in [5, 5.41) is 8.76. The van der Waals surface area contributed by atoms with Crippen molar-refractivity contribution in [3.8, 4) is 0 Å². The molecule has 0 aliphatic heterocycles. The van der Waals surface area contributed by atoms with Crippen LogP contribution in [0, 0.1) is 5.92 Å². The Labute approximate surface area is 102 Å². The molecule has 0 aliphatic rings. The van der Waals surface area contributed by atoms with E-state index < -0.39 is 5.97 Å². The van der Waals surface area contributed by atoms with Gasteiger partial charge in [-0.1, -0.05) is 32.6 Å². The van der Waals surface area contributed by atoms with Crippen molar-refractivity contribution in [1.29, 1.82) is 0 Å². The number of hydrogen-bond donors (Lipinski definition) is 1. The third-order valence-corrected chi connectivity index (χ3v) is 2.43. The molecule has 0 aromatic heterocycles. The first-order valence-electron chi connectivity index (χ1n) is 5.66. The second-order valence-corrected chi connectivity index (χ2v) is 4.34. The van der Waals surface area contributed by atoms with Gasteiger partial charge in [-0.15, -0.1) is 0 Å². The molecule has 0 saturated carbocycles. The summed E-state index contributed by atoms with van der Waals surface area (Å²) < 4.78 is 5.50. The third-order valence-electron chi connectivity index (χ3n) is 2.43. The summed E-state index contributed by atoms with van der Waals surface area (Å²) in [5.74, 6) is 0.252. The number of ether oxygens (including phenoxy) is 1. The summed E-state index contributed by atoms with van der Waals surface area (Å²) in [7, 11) is 0. The Kier molecular flexibility index (Phi) is 4.76. The lowest BCUT2D eigenvalue weighted by atomic mass is 10.1. The zero-order valence-electron chi connectivity index (χ0n) is 10.3. The molecule has 0 bridgehead atoms. The molecule has 0 fully saturated rings. The van der Waals surface area contributed by atoms with Crippen LogP contribution in [0.2, 0.25) is 0 Å². The van der Waals surface area contributed by atoms with Gasteiger partial charge in [-0.3, -0.25) is 0 Å². The molecule has 1 aromatic carbocycles. The molecule has 17 heavy (non-hydrogen) atoms. The van der Waals surface area contributed by atoms with E-state index in [-0.39, 0.29) is 5.56 Å². The molecule has 3 nitrogen and oxygen atoms in total. The fraction of sp³-hybridized carbons (Fsp3) is 0.357. The molecule has 0 amide bonds. The van der Waals surface area contributed by atoms with Crippen LogP contribution in [0.4, 0.5) is 0 Å². The number of benzene rings is 1. The molecule has 3 heteroatoms. The Morgan fingerprint density at radius 3 is 2.29 bits per heavy atom. The van der Waals surface area contributed by atoms with E-state index in [1.807, 2.05) is 0 Å². The number of carbonyl (C=O) groups is 1. The van der Waals surface area contributed by atoms with Gasteiger partial charge >= 0.3 is 5.97 Å². The number of hydrogen-bond acceptors (Lipinski definition) is 2. The summed E-state index contributed by atoms with van der Waals surface area (Å²) >= 11 is 0. The number of carboxylic acids is 1. The maximum Gasteiger partial charge on any atom is 0.335 e. The lowest BCUT2D eigenvalue weighted by Gasteiger charge is -2.10. The molecule has 0 unspecified atom stereocenters. The smallest absolute Gasteiger partial charge is 0.335 e. The van der Waals surface area contributed by atoms with Crippen LogP contribution < -0.4 is 0 Å². The fourth-order valence-corrected chi connectivity index (χ4v) is 1.30. The predicted octanol–water partition coefficient (Wildman–Crippen LogP) is 3.42. The van der Waals surface area contributed by atoms with Crippen molar-refractivity contribution in [3.63, 3.8) is 0 Å². The van der Waals surface area contributed by atoms with E-state index in [1.54, 1.807) is 24.3 Å². The first-order chi connectivity index (χ1) is 8.00. The topological polar surface area (TPSA) is 46.5 Å². The molecular formula is C14H18O3. The Hall–Kier alpha value is -1.77. The van der Waals surface area contributed by atoms with Crippen LogP contribution in [0.1, 0.15) is 36.2 Å². The van der Waals surface area contributed by atoms with Gasteiger partial charge in [0.2, 0.25) is 0 Å². The molecule has 92 valence electrons. The second-order valence-electron chi connectivity index (χ2n) is 4.34. The Morgan fingerprint density at radius 2 is 1.82 bits per heavy atom. The minimum Gasteiger partial charge on any atom is -0.494 e. The lowest BCUT2D eigenvalue weighted by molar-refractivity contribution is 0.0697. The highest BCUT2D eigenvalue weighted by Crippen LogP contribution is 2.15. The largest absolute Gasteiger partial charge is 0.494 e. The highest BCUT2D eigenvalue weighted by Gasteiger charge is 2.04. The zero-order valence-corrected chi connectivity index (χ0v) is 10.3. The highest BCUT2D eigenvalue weighted by molar-refractivity contribution is 5.87. The van der Waals surface area contributed by atoms with Crippen LogP contribution in [-0.2, 0) is 4.74 Å². The molecule has 0 radical (unpaired) electrons. The molecule has 0 spiro atoms. The molecule has 0 saturated heterocycles. The SMILES string of the molecule is C=C(OCCC(C)C)c1ccc(C(=O)O)cc1. The van der Waals surface area contributed by atoms with Gasteiger partial charge < -0.3 is 9.84 Å². The zero-order chi connectivity index (χ0) is 12.8. The molecule has 0 atom stereocenters. The van der Waals surface area contributed by atoms with E-state index in [1.165, 1.54) is 0 Å². The van der Waals surface area contributed by atoms with Crippen LogP contribution in [0.15, 0.2) is 30.8 Å². The summed E-state index contributed by atoms with van der Waals surface area (Å²) in [6, 6.07) is 6.52. The van der Waals surface area contributed by atoms with Gasteiger partial charge in [-0.05, 0) is 24.5 Å². The normalized spacial score (nSPS) is 10.3. The molecule has 1 aromatic rings. The number of rotatable bonds is 6. The van der Waals surface area contributed by atoms with E-state index in [9.17, 15) is 4.79 Å². The van der Waals surface area contributed by atoms with Crippen molar-refractivity contribution < 1.29 is 14.6 Å². The molecule has 0 heterocycles. The van der Waals surface area contributed by atoms with Crippen molar-refractivity contribution in [3.05, 3.63) is 42.0 Å². The fourth-order valence-electron chi connectivity index (χ4n) is 1.30. The van der Waals surface area contributed by atoms with Gasteiger partial charge in [0.05, 0.1) is 12.2 Å². The minimum atomic E-state index is -0.928. The average molecular weight is 234 g/mol. The van der Waals surface area contributed by atoms with Gasteiger partial charge in [0.15, 0.2) is 0 Å². The van der Waals surface area contributed by atoms with Gasteiger partial charge in [0, 0.05) is 5.56 Å². The van der Waals surface area contributed by atoms with Gasteiger partial charge in [0.1, 0.15) is 5.76 Å². The minimum absolute atomic E-state index is 0.267. The van der Waals surface area contributed by atoms with E-state index in [0.717, 1.165) is 12.0 Å². The van der Waals surface area contributed by atoms with E-state index in [0.29, 0.717) is 18.3 Å². The maximum atomic E-state index is 10.7. The highest BCUT2D eigenvalue weighted by atomic mass is 16.5. The van der Waals surface area contributed by atoms with Crippen molar-refractivity contribution in [2.45, 2.75) is 20.3 Å². The van der Waals surface area contributed by atoms with E-state index in [2.05, 4.69) is 20.4 Å². The van der Waals surface area contributed by atoms with Crippen molar-refractivity contribution in [2.24, 2.45) is 5.92 Å². The third kappa shape index (κ3) is 4.31. The average Bonchev–Trinajstić information content (AvgIpc) is 2.28. The van der Waals surface area contributed by atoms with Crippen LogP contribution in [0.3, 0.4) is 0 Å². The van der Waals surface area contributed by atoms with Crippen molar-refractivity contribution in [1.82, 2.24) is 0 Å². The van der Waals surface area contributed by atoms with Crippen LogP contribution >= 0.6 is 0 Å². The molecule has 0 aliphatic carbocycles. The first-order valence-corrected chi connectivity index (χ1v) is 5.66. The Morgan fingerprint density at radius 1 is 1.29 bits per heavy atom. The Bertz CT molecular complexity index is 390. The van der Waals surface area contributed by atoms with Gasteiger partial charge in [-0.25, -0.2) is 4.79 Å². The van der Waals surface area contributed by atoms with Crippen LogP contribution in [-0.4, -0.2) is 17.7 Å². The van der Waals surface area contributed by atoms with Gasteiger partial charge in [0.25, 0.3) is 0 Å². The van der Waals surface area contributed by atoms with Crippen LogP contribution in [0.5, 0.6) is 0 Å². The monoisotopic (exact) mass is 234 g/mol. The van der Waals surface area contributed by atoms with Crippen molar-refractivity contribution in [2.75, 3.05) is 6.61 Å². The second kappa shape index (κ2) is 6.09. The van der Waals surface area contributed by atoms with Crippen LogP contribution in [0.25, 0.3) is 5.76 Å². The van der Waals surface area contributed by atoms with E-state index >= 15 is 0 Å². The standard InChI is InChI=1S/C14H18O3/c1-10(2)8-9-17-11(3)12-4-6-13(7-5-12)14(15)16/h4-7,10H,3,8-9H2,1-2H3,(H,15,16). The summed E-state index contributed by atoms with van der Waals surface area (Å²) in [5.41, 5.74) is 1.09. The van der Waals surface area contributed by atoms with E-state index in [4.69, 9.17) is 9.84 Å². The lowest BCUT2D eigenvalue weighted by Crippen LogP contribution is -1.99. The summed E-state index contributed by atoms with van der Waals surface area (Å²) in [4.78, 5) is 10.7. The molecule has 1 rings (SSSR count). The molecule has 1 N–H and O–H groups in total.